The fraction of sp³-hybridized carbons (Fsp3) is 0.435. The van der Waals surface area contributed by atoms with Crippen molar-refractivity contribution in [3.8, 4) is 0 Å². The molecule has 2 aliphatic rings. The quantitative estimate of drug-likeness (QED) is 0.450. The Bertz CT molecular complexity index is 1380. The van der Waals surface area contributed by atoms with Gasteiger partial charge >= 0.3 is 5.97 Å². The van der Waals surface area contributed by atoms with E-state index in [0.717, 1.165) is 18.6 Å². The Morgan fingerprint density at radius 2 is 1.33 bits per heavy atom. The monoisotopic (exact) mass is 608 g/mol. The molecule has 0 saturated carbocycles. The van der Waals surface area contributed by atoms with Crippen molar-refractivity contribution < 1.29 is 35.1 Å². The molecule has 0 spiro atoms. The number of esters is 1. The first-order valence-electron chi connectivity index (χ1n) is 11.4. The summed E-state index contributed by atoms with van der Waals surface area (Å²) < 4.78 is 83.3. The van der Waals surface area contributed by atoms with Crippen LogP contribution in [-0.2, 0) is 37.9 Å². The zero-order valence-electron chi connectivity index (χ0n) is 20.1. The van der Waals surface area contributed by atoms with Gasteiger partial charge in [-0.25, -0.2) is 30.4 Å². The normalized spacial score (nSPS) is 17.7. The van der Waals surface area contributed by atoms with Crippen LogP contribution in [0.4, 0.5) is 8.78 Å². The Morgan fingerprint density at radius 3 is 1.81 bits per heavy atom. The molecule has 0 bridgehead atoms. The van der Waals surface area contributed by atoms with Crippen LogP contribution in [-0.4, -0.2) is 51.1 Å². The molecule has 2 aromatic carbocycles. The maximum absolute atomic E-state index is 13.9. The number of carbonyl (C=O) groups is 1. The summed E-state index contributed by atoms with van der Waals surface area (Å²) in [7, 11) is -7.05. The third kappa shape index (κ3) is 5.49. The molecule has 0 aromatic heterocycles. The van der Waals surface area contributed by atoms with E-state index in [1.807, 2.05) is 13.8 Å². The van der Waals surface area contributed by atoms with E-state index < -0.39 is 37.7 Å². The van der Waals surface area contributed by atoms with Gasteiger partial charge in [-0.2, -0.15) is 8.61 Å². The summed E-state index contributed by atoms with van der Waals surface area (Å²) in [5.41, 5.74) is 0.575. The van der Waals surface area contributed by atoms with Gasteiger partial charge in [0.1, 0.15) is 11.6 Å². The van der Waals surface area contributed by atoms with Crippen molar-refractivity contribution in [2.45, 2.75) is 56.5 Å². The Balaban J connectivity index is 0.000000205. The second-order valence-corrected chi connectivity index (χ2v) is 12.9. The second kappa shape index (κ2) is 11.2. The summed E-state index contributed by atoms with van der Waals surface area (Å²) in [6.45, 7) is 6.73. The molecule has 0 atom stereocenters. The lowest BCUT2D eigenvalue weighted by Crippen LogP contribution is -2.25. The van der Waals surface area contributed by atoms with Crippen LogP contribution in [0.5, 0.6) is 0 Å². The van der Waals surface area contributed by atoms with Crippen molar-refractivity contribution in [2.24, 2.45) is 0 Å². The van der Waals surface area contributed by atoms with Crippen molar-refractivity contribution in [3.05, 3.63) is 57.1 Å². The molecule has 0 fully saturated rings. The molecule has 2 heterocycles. The molecular formula is C23H27BrF2N2O6S2. The highest BCUT2D eigenvalue weighted by Crippen LogP contribution is 2.34. The number of carbonyl (C=O) groups excluding carboxylic acids is 1. The van der Waals surface area contributed by atoms with E-state index in [0.29, 0.717) is 30.6 Å². The molecule has 13 heteroatoms. The minimum atomic E-state index is -3.64. The molecule has 0 saturated heterocycles. The van der Waals surface area contributed by atoms with E-state index >= 15 is 0 Å². The van der Waals surface area contributed by atoms with Crippen molar-refractivity contribution >= 4 is 41.9 Å². The molecule has 2 aliphatic heterocycles. The molecule has 0 N–H and O–H groups in total. The lowest BCUT2D eigenvalue weighted by molar-refractivity contribution is 0.0520. The first-order chi connectivity index (χ1) is 16.9. The van der Waals surface area contributed by atoms with E-state index in [-0.39, 0.29) is 39.5 Å². The average Bonchev–Trinajstić information content (AvgIpc) is 3.18. The Labute approximate surface area is 218 Å². The summed E-state index contributed by atoms with van der Waals surface area (Å²) >= 11 is 3.00. The minimum absolute atomic E-state index is 0.00426. The Kier molecular flexibility index (Phi) is 8.92. The highest BCUT2D eigenvalue weighted by molar-refractivity contribution is 9.10. The van der Waals surface area contributed by atoms with Crippen molar-refractivity contribution in [3.63, 3.8) is 0 Å². The molecule has 2 aromatic rings. The van der Waals surface area contributed by atoms with Crippen molar-refractivity contribution in [2.75, 3.05) is 19.7 Å². The zero-order valence-corrected chi connectivity index (χ0v) is 23.3. The van der Waals surface area contributed by atoms with Crippen LogP contribution < -0.4 is 0 Å². The Hall–Kier alpha value is -1.93. The van der Waals surface area contributed by atoms with Gasteiger partial charge in [0.25, 0.3) is 0 Å². The standard InChI is InChI=1S/C13H16FNO4S.C10H11BrFNO2S/c1-3-5-15-8-9-6-11(14)10(13(16)19-4-2)7-12(9)20(15,17)18;1-2-3-13-6-7-4-9(12)8(11)5-10(7)16(13,14)15/h6-7H,3-5,8H2,1-2H3;4-5H,2-3,6H2,1H3. The predicted molar refractivity (Wildman–Crippen MR) is 132 cm³/mol. The molecular weight excluding hydrogens is 582 g/mol. The van der Waals surface area contributed by atoms with Gasteiger partial charge in [0.2, 0.25) is 20.0 Å². The van der Waals surface area contributed by atoms with Gasteiger partial charge in [-0.3, -0.25) is 0 Å². The van der Waals surface area contributed by atoms with Crippen LogP contribution in [0.25, 0.3) is 0 Å². The smallest absolute Gasteiger partial charge is 0.341 e. The number of sulfonamides is 2. The summed E-state index contributed by atoms with van der Waals surface area (Å²) in [5.74, 6) is -2.03. The van der Waals surface area contributed by atoms with Crippen LogP contribution in [0.3, 0.4) is 0 Å². The lowest BCUT2D eigenvalue weighted by Gasteiger charge is -2.12. The number of hydrogen-bond acceptors (Lipinski definition) is 6. The zero-order chi connectivity index (χ0) is 26.8. The van der Waals surface area contributed by atoms with Crippen LogP contribution in [0.15, 0.2) is 38.5 Å². The largest absolute Gasteiger partial charge is 0.462 e. The topological polar surface area (TPSA) is 101 Å². The average molecular weight is 610 g/mol. The second-order valence-electron chi connectivity index (χ2n) is 8.21. The number of benzene rings is 2. The SMILES string of the molecule is CCCN1Cc2cc(F)c(Br)cc2S1(=O)=O.CCCN1Cc2cc(F)c(C(=O)OCC)cc2S1(=O)=O. The van der Waals surface area contributed by atoms with E-state index in [1.165, 1.54) is 20.7 Å². The van der Waals surface area contributed by atoms with Crippen LogP contribution in [0.2, 0.25) is 0 Å². The van der Waals surface area contributed by atoms with Gasteiger partial charge in [-0.15, -0.1) is 0 Å². The first kappa shape index (κ1) is 28.6. The fourth-order valence-corrected chi connectivity index (χ4v) is 7.94. The highest BCUT2D eigenvalue weighted by atomic mass is 79.9. The van der Waals surface area contributed by atoms with Crippen LogP contribution in [0.1, 0.15) is 55.1 Å². The maximum Gasteiger partial charge on any atom is 0.341 e. The van der Waals surface area contributed by atoms with E-state index in [9.17, 15) is 30.4 Å². The van der Waals surface area contributed by atoms with Crippen molar-refractivity contribution in [1.82, 2.24) is 8.61 Å². The number of fused-ring (bicyclic) bond motifs is 2. The van der Waals surface area contributed by atoms with Crippen molar-refractivity contribution in [1.29, 1.82) is 0 Å². The summed E-state index contributed by atoms with van der Waals surface area (Å²) in [5, 5.41) is 0. The molecule has 0 amide bonds. The summed E-state index contributed by atoms with van der Waals surface area (Å²) in [6.07, 6.45) is 1.41. The molecule has 0 radical (unpaired) electrons. The highest BCUT2D eigenvalue weighted by Gasteiger charge is 2.36. The number of nitrogens with zero attached hydrogens (tertiary/aromatic N) is 2. The summed E-state index contributed by atoms with van der Waals surface area (Å²) in [6, 6.07) is 4.81. The number of ether oxygens (including phenoxy) is 1. The molecule has 0 unspecified atom stereocenters. The van der Waals surface area contributed by atoms with Gasteiger partial charge in [0.15, 0.2) is 0 Å². The lowest BCUT2D eigenvalue weighted by atomic mass is 10.1. The molecule has 8 nitrogen and oxygen atoms in total. The van der Waals surface area contributed by atoms with E-state index in [2.05, 4.69) is 15.9 Å². The van der Waals surface area contributed by atoms with Crippen LogP contribution >= 0.6 is 15.9 Å². The Morgan fingerprint density at radius 1 is 0.861 bits per heavy atom. The van der Waals surface area contributed by atoms with Gasteiger partial charge < -0.3 is 4.74 Å². The maximum atomic E-state index is 13.9. The minimum Gasteiger partial charge on any atom is -0.462 e. The number of hydrogen-bond donors (Lipinski definition) is 0. The van der Waals surface area contributed by atoms with Gasteiger partial charge in [-0.1, -0.05) is 13.8 Å². The van der Waals surface area contributed by atoms with E-state index in [4.69, 9.17) is 4.74 Å². The predicted octanol–water partition coefficient (Wildman–Crippen LogP) is 4.42. The molecule has 198 valence electrons. The number of halogens is 3. The van der Waals surface area contributed by atoms with Gasteiger partial charge in [0.05, 0.1) is 26.4 Å². The molecule has 36 heavy (non-hydrogen) atoms. The first-order valence-corrected chi connectivity index (χ1v) is 15.0. The van der Waals surface area contributed by atoms with E-state index in [1.54, 1.807) is 6.92 Å². The number of rotatable bonds is 6. The van der Waals surface area contributed by atoms with Crippen LogP contribution in [0, 0.1) is 11.6 Å². The van der Waals surface area contributed by atoms with Gasteiger partial charge in [-0.05, 0) is 71.1 Å². The third-order valence-electron chi connectivity index (χ3n) is 5.62. The third-order valence-corrected chi connectivity index (χ3v) is 10.1. The fourth-order valence-electron chi connectivity index (χ4n) is 3.98. The summed E-state index contributed by atoms with van der Waals surface area (Å²) in [4.78, 5) is 11.8. The molecule has 4 rings (SSSR count). The molecule has 0 aliphatic carbocycles. The van der Waals surface area contributed by atoms with Gasteiger partial charge in [0, 0.05) is 26.2 Å².